The zero-order chi connectivity index (χ0) is 18.6. The number of carbonyl (C=O) groups is 1. The van der Waals surface area contributed by atoms with Crippen LogP contribution in [0.2, 0.25) is 0 Å². The average molecular weight is 353 g/mol. The second kappa shape index (κ2) is 8.26. The number of aliphatic hydroxyl groups excluding tert-OH is 1. The van der Waals surface area contributed by atoms with Gasteiger partial charge in [-0.2, -0.15) is 0 Å². The largest absolute Gasteiger partial charge is 0.465 e. The first-order valence-electron chi connectivity index (χ1n) is 8.14. The van der Waals surface area contributed by atoms with Crippen molar-refractivity contribution in [2.24, 2.45) is 17.8 Å². The number of ether oxygens (including phenoxy) is 3. The number of benzene rings is 1. The highest BCUT2D eigenvalue weighted by Gasteiger charge is 2.41. The van der Waals surface area contributed by atoms with Crippen molar-refractivity contribution in [1.29, 1.82) is 0 Å². The number of hydrogen-bond acceptors (Lipinski definition) is 7. The van der Waals surface area contributed by atoms with Crippen LogP contribution in [0.5, 0.6) is 5.75 Å². The monoisotopic (exact) mass is 353 g/mol. The van der Waals surface area contributed by atoms with Crippen molar-refractivity contribution in [1.82, 2.24) is 0 Å². The number of hydrogen-bond donors (Lipinski definition) is 1. The lowest BCUT2D eigenvalue weighted by atomic mass is 9.79. The molecule has 1 aromatic carbocycles. The molecule has 0 bridgehead atoms. The quantitative estimate of drug-likeness (QED) is 0.455. The molecule has 5 atom stereocenters. The van der Waals surface area contributed by atoms with Gasteiger partial charge in [0.25, 0.3) is 6.47 Å². The molecule has 0 amide bonds. The van der Waals surface area contributed by atoms with Crippen LogP contribution in [0.1, 0.15) is 26.3 Å². The third kappa shape index (κ3) is 4.26. The molecular formula is C17H23NO7. The first-order chi connectivity index (χ1) is 11.9. The smallest absolute Gasteiger partial charge is 0.311 e. The zero-order valence-corrected chi connectivity index (χ0v) is 14.5. The van der Waals surface area contributed by atoms with Crippen molar-refractivity contribution < 1.29 is 29.0 Å². The molecule has 0 saturated carbocycles. The summed E-state index contributed by atoms with van der Waals surface area (Å²) in [6, 6.07) is 4.30. The molecule has 0 spiro atoms. The zero-order valence-electron chi connectivity index (χ0n) is 14.5. The predicted octanol–water partition coefficient (Wildman–Crippen LogP) is 2.27. The summed E-state index contributed by atoms with van der Waals surface area (Å²) >= 11 is 0. The Morgan fingerprint density at radius 2 is 2.00 bits per heavy atom. The van der Waals surface area contributed by atoms with Crippen molar-refractivity contribution >= 4 is 12.2 Å². The predicted molar refractivity (Wildman–Crippen MR) is 87.8 cm³/mol. The van der Waals surface area contributed by atoms with Crippen LogP contribution in [0.25, 0.3) is 0 Å². The SMILES string of the molecule is CC1[C@H](Oc2ccc(CO)cc2[N+](=O)[O-])OC(COC=O)[C@@H](C)[C@@H]1C. The van der Waals surface area contributed by atoms with E-state index in [2.05, 4.69) is 0 Å². The van der Waals surface area contributed by atoms with Gasteiger partial charge in [0.05, 0.1) is 17.6 Å². The van der Waals surface area contributed by atoms with Gasteiger partial charge < -0.3 is 19.3 Å². The fourth-order valence-corrected chi connectivity index (χ4v) is 2.97. The van der Waals surface area contributed by atoms with Gasteiger partial charge in [0.1, 0.15) is 6.61 Å². The third-order valence-electron chi connectivity index (χ3n) is 4.96. The van der Waals surface area contributed by atoms with Gasteiger partial charge in [0, 0.05) is 12.0 Å². The maximum absolute atomic E-state index is 11.3. The lowest BCUT2D eigenvalue weighted by Crippen LogP contribution is -2.48. The summed E-state index contributed by atoms with van der Waals surface area (Å²) in [5.41, 5.74) is 0.199. The van der Waals surface area contributed by atoms with Crippen LogP contribution in [0, 0.1) is 27.9 Å². The molecule has 0 radical (unpaired) electrons. The minimum atomic E-state index is -0.704. The Bertz CT molecular complexity index is 621. The van der Waals surface area contributed by atoms with Crippen molar-refractivity contribution in [3.63, 3.8) is 0 Å². The summed E-state index contributed by atoms with van der Waals surface area (Å²) in [6.07, 6.45) is -1.05. The average Bonchev–Trinajstić information content (AvgIpc) is 2.61. The summed E-state index contributed by atoms with van der Waals surface area (Å²) < 4.78 is 16.5. The van der Waals surface area contributed by atoms with E-state index >= 15 is 0 Å². The Kier molecular flexibility index (Phi) is 6.33. The van der Waals surface area contributed by atoms with Crippen LogP contribution >= 0.6 is 0 Å². The molecule has 25 heavy (non-hydrogen) atoms. The normalized spacial score (nSPS) is 29.0. The van der Waals surface area contributed by atoms with Crippen molar-refractivity contribution in [3.05, 3.63) is 33.9 Å². The van der Waals surface area contributed by atoms with Gasteiger partial charge in [0.2, 0.25) is 6.29 Å². The van der Waals surface area contributed by atoms with Crippen LogP contribution in [-0.2, 0) is 20.9 Å². The van der Waals surface area contributed by atoms with Gasteiger partial charge in [-0.05, 0) is 23.5 Å². The summed E-state index contributed by atoms with van der Waals surface area (Å²) in [4.78, 5) is 21.2. The fourth-order valence-electron chi connectivity index (χ4n) is 2.97. The van der Waals surface area contributed by atoms with E-state index in [-0.39, 0.29) is 48.5 Å². The molecule has 138 valence electrons. The summed E-state index contributed by atoms with van der Waals surface area (Å²) in [6.45, 7) is 6.19. The molecule has 2 rings (SSSR count). The fraction of sp³-hybridized carbons (Fsp3) is 0.588. The van der Waals surface area contributed by atoms with Crippen LogP contribution < -0.4 is 4.74 Å². The summed E-state index contributed by atoms with van der Waals surface area (Å²) in [5.74, 6) is 0.409. The van der Waals surface area contributed by atoms with E-state index < -0.39 is 11.2 Å². The molecule has 1 fully saturated rings. The number of carbonyl (C=O) groups excluding carboxylic acids is 1. The van der Waals surface area contributed by atoms with Crippen LogP contribution in [-0.4, -0.2) is 35.5 Å². The summed E-state index contributed by atoms with van der Waals surface area (Å²) in [7, 11) is 0. The van der Waals surface area contributed by atoms with Gasteiger partial charge in [-0.15, -0.1) is 0 Å². The van der Waals surface area contributed by atoms with Crippen LogP contribution in [0.15, 0.2) is 18.2 Å². The van der Waals surface area contributed by atoms with Crippen molar-refractivity contribution in [2.45, 2.75) is 39.8 Å². The number of nitro benzene ring substituents is 1. The molecule has 1 heterocycles. The van der Waals surface area contributed by atoms with Crippen LogP contribution in [0.3, 0.4) is 0 Å². The molecule has 0 aromatic heterocycles. The number of aliphatic hydroxyl groups is 1. The molecular weight excluding hydrogens is 330 g/mol. The minimum Gasteiger partial charge on any atom is -0.465 e. The van der Waals surface area contributed by atoms with Gasteiger partial charge in [-0.1, -0.05) is 26.8 Å². The van der Waals surface area contributed by atoms with E-state index in [0.29, 0.717) is 12.0 Å². The van der Waals surface area contributed by atoms with E-state index in [1.54, 1.807) is 6.07 Å². The van der Waals surface area contributed by atoms with Gasteiger partial charge in [-0.25, -0.2) is 0 Å². The van der Waals surface area contributed by atoms with Crippen molar-refractivity contribution in [3.8, 4) is 5.75 Å². The van der Waals surface area contributed by atoms with E-state index in [0.717, 1.165) is 0 Å². The van der Waals surface area contributed by atoms with E-state index in [1.165, 1.54) is 12.1 Å². The maximum atomic E-state index is 11.3. The van der Waals surface area contributed by atoms with Gasteiger partial charge in [-0.3, -0.25) is 14.9 Å². The molecule has 1 N–H and O–H groups in total. The standard InChI is InChI=1S/C17H23NO7/c1-10-11(2)16(8-23-9-20)25-17(12(10)3)24-15-5-4-13(7-19)6-14(15)18(21)22/h4-6,9-12,16-17,19H,7-8H2,1-3H3/t10-,11-,12?,16?,17+/m0/s1. The molecule has 1 saturated heterocycles. The highest BCUT2D eigenvalue weighted by molar-refractivity contribution is 5.48. The topological polar surface area (TPSA) is 108 Å². The first-order valence-corrected chi connectivity index (χ1v) is 8.14. The Labute approximate surface area is 145 Å². The van der Waals surface area contributed by atoms with E-state index in [1.807, 2.05) is 20.8 Å². The molecule has 1 aliphatic rings. The lowest BCUT2D eigenvalue weighted by molar-refractivity contribution is -0.386. The number of nitrogens with zero attached hydrogens (tertiary/aromatic N) is 1. The Morgan fingerprint density at radius 3 is 2.60 bits per heavy atom. The molecule has 1 aliphatic heterocycles. The lowest BCUT2D eigenvalue weighted by Gasteiger charge is -2.42. The molecule has 2 unspecified atom stereocenters. The van der Waals surface area contributed by atoms with E-state index in [9.17, 15) is 14.9 Å². The second-order valence-electron chi connectivity index (χ2n) is 6.38. The van der Waals surface area contributed by atoms with Crippen LogP contribution in [0.4, 0.5) is 5.69 Å². The van der Waals surface area contributed by atoms with Crippen molar-refractivity contribution in [2.75, 3.05) is 6.61 Å². The third-order valence-corrected chi connectivity index (χ3v) is 4.96. The number of rotatable bonds is 7. The van der Waals surface area contributed by atoms with Gasteiger partial charge in [0.15, 0.2) is 5.75 Å². The Balaban J connectivity index is 2.22. The molecule has 8 heteroatoms. The molecule has 0 aliphatic carbocycles. The maximum Gasteiger partial charge on any atom is 0.311 e. The minimum absolute atomic E-state index is 0.0143. The highest BCUT2D eigenvalue weighted by Crippen LogP contribution is 2.38. The Hall–Kier alpha value is -2.19. The molecule has 1 aromatic rings. The Morgan fingerprint density at radius 1 is 1.28 bits per heavy atom. The second-order valence-corrected chi connectivity index (χ2v) is 6.38. The summed E-state index contributed by atoms with van der Waals surface area (Å²) in [5, 5.41) is 20.4. The van der Waals surface area contributed by atoms with E-state index in [4.69, 9.17) is 19.3 Å². The highest BCUT2D eigenvalue weighted by atomic mass is 16.7. The first kappa shape index (κ1) is 19.1. The number of nitro groups is 1. The molecule has 8 nitrogen and oxygen atoms in total. The van der Waals surface area contributed by atoms with Gasteiger partial charge >= 0.3 is 5.69 Å².